The first-order valence-corrected chi connectivity index (χ1v) is 5.61. The molecule has 2 rings (SSSR count). The van der Waals surface area contributed by atoms with E-state index in [-0.39, 0.29) is 0 Å². The van der Waals surface area contributed by atoms with Crippen molar-refractivity contribution in [2.45, 2.75) is 0 Å². The maximum absolute atomic E-state index is 5.73. The molecule has 0 aliphatic heterocycles. The third-order valence-electron chi connectivity index (χ3n) is 1.63. The van der Waals surface area contributed by atoms with Gasteiger partial charge < -0.3 is 4.74 Å². The normalized spacial score (nSPS) is 10.0. The molecule has 0 saturated heterocycles. The van der Waals surface area contributed by atoms with Gasteiger partial charge in [0.1, 0.15) is 20.4 Å². The minimum Gasteiger partial charge on any atom is -0.456 e. The lowest BCUT2D eigenvalue weighted by Gasteiger charge is -2.04. The van der Waals surface area contributed by atoms with Crippen LogP contribution in [0.5, 0.6) is 11.5 Å². The monoisotopic (exact) mass is 332 g/mol. The highest BCUT2D eigenvalue weighted by atomic mass is 127. The predicted octanol–water partition coefficient (Wildman–Crippen LogP) is 3.53. The Morgan fingerprint density at radius 1 is 1.13 bits per heavy atom. The Kier molecular flexibility index (Phi) is 3.37. The van der Waals surface area contributed by atoms with Gasteiger partial charge in [0.05, 0.1) is 6.20 Å². The van der Waals surface area contributed by atoms with Crippen molar-refractivity contribution in [2.24, 2.45) is 0 Å². The number of hydrogen-bond donors (Lipinski definition) is 0. The highest BCUT2D eigenvalue weighted by Crippen LogP contribution is 2.22. The Labute approximate surface area is 106 Å². The predicted molar refractivity (Wildman–Crippen MR) is 66.3 cm³/mol. The van der Waals surface area contributed by atoms with Gasteiger partial charge in [0.15, 0.2) is 0 Å². The molecule has 0 fully saturated rings. The van der Waals surface area contributed by atoms with E-state index in [2.05, 4.69) is 32.6 Å². The van der Waals surface area contributed by atoms with Crippen molar-refractivity contribution in [3.8, 4) is 11.5 Å². The first-order valence-electron chi connectivity index (χ1n) is 4.15. The summed E-state index contributed by atoms with van der Waals surface area (Å²) in [7, 11) is 0. The van der Waals surface area contributed by atoms with Crippen LogP contribution in [0.1, 0.15) is 0 Å². The van der Waals surface area contributed by atoms with Crippen LogP contribution in [-0.4, -0.2) is 9.97 Å². The molecule has 2 aromatic heterocycles. The lowest BCUT2D eigenvalue weighted by molar-refractivity contribution is 0.479. The summed E-state index contributed by atoms with van der Waals surface area (Å²) in [6.07, 6.45) is 3.26. The lowest BCUT2D eigenvalue weighted by Crippen LogP contribution is -1.87. The van der Waals surface area contributed by atoms with Crippen molar-refractivity contribution >= 4 is 34.2 Å². The van der Waals surface area contributed by atoms with E-state index in [1.165, 1.54) is 0 Å². The molecule has 0 aliphatic carbocycles. The molecule has 0 bridgehead atoms. The maximum atomic E-state index is 5.73. The van der Waals surface area contributed by atoms with Crippen LogP contribution in [0.2, 0.25) is 5.15 Å². The maximum Gasteiger partial charge on any atom is 0.145 e. The molecule has 0 aliphatic rings. The number of nitrogens with zero attached hydrogens (tertiary/aromatic N) is 2. The minimum atomic E-state index is 0.408. The molecule has 2 heterocycles. The van der Waals surface area contributed by atoms with Crippen molar-refractivity contribution in [2.75, 3.05) is 0 Å². The van der Waals surface area contributed by atoms with Gasteiger partial charge in [-0.3, -0.25) is 0 Å². The van der Waals surface area contributed by atoms with E-state index >= 15 is 0 Å². The molecule has 0 radical (unpaired) electrons. The molecule has 0 saturated carbocycles. The van der Waals surface area contributed by atoms with Crippen LogP contribution < -0.4 is 4.74 Å². The summed E-state index contributed by atoms with van der Waals surface area (Å²) < 4.78 is 6.45. The van der Waals surface area contributed by atoms with Gasteiger partial charge in [-0.05, 0) is 40.8 Å². The first kappa shape index (κ1) is 10.6. The summed E-state index contributed by atoms with van der Waals surface area (Å²) in [4.78, 5) is 7.97. The summed E-state index contributed by atoms with van der Waals surface area (Å²) in [5.41, 5.74) is 0. The number of aromatic nitrogens is 2. The zero-order valence-corrected chi connectivity index (χ0v) is 10.4. The van der Waals surface area contributed by atoms with Crippen molar-refractivity contribution < 1.29 is 4.74 Å². The third kappa shape index (κ3) is 3.04. The van der Waals surface area contributed by atoms with Gasteiger partial charge in [0.2, 0.25) is 0 Å². The van der Waals surface area contributed by atoms with E-state index in [0.29, 0.717) is 16.7 Å². The Morgan fingerprint density at radius 2 is 2.00 bits per heavy atom. The largest absolute Gasteiger partial charge is 0.456 e. The van der Waals surface area contributed by atoms with Gasteiger partial charge in [-0.25, -0.2) is 9.97 Å². The zero-order valence-electron chi connectivity index (χ0n) is 7.52. The smallest absolute Gasteiger partial charge is 0.145 e. The van der Waals surface area contributed by atoms with Crippen LogP contribution in [0.25, 0.3) is 0 Å². The quantitative estimate of drug-likeness (QED) is 0.623. The fourth-order valence-electron chi connectivity index (χ4n) is 1.01. The molecule has 2 aromatic rings. The van der Waals surface area contributed by atoms with Crippen molar-refractivity contribution in [1.82, 2.24) is 9.97 Å². The molecule has 15 heavy (non-hydrogen) atoms. The van der Waals surface area contributed by atoms with Gasteiger partial charge in [-0.2, -0.15) is 0 Å². The van der Waals surface area contributed by atoms with E-state index in [1.807, 2.05) is 12.1 Å². The second-order valence-corrected chi connectivity index (χ2v) is 4.23. The molecule has 0 spiro atoms. The standard InChI is InChI=1S/C10H6ClIN2O/c11-9-5-7(3-4-13-9)15-8-1-2-10(12)14-6-8/h1-6H. The Hall–Kier alpha value is -0.880. The molecule has 5 heteroatoms. The van der Waals surface area contributed by atoms with E-state index in [0.717, 1.165) is 3.70 Å². The van der Waals surface area contributed by atoms with Gasteiger partial charge in [0, 0.05) is 12.3 Å². The number of ether oxygens (including phenoxy) is 1. The molecular weight excluding hydrogens is 326 g/mol. The average molecular weight is 333 g/mol. The SMILES string of the molecule is Clc1cc(Oc2ccc(I)nc2)ccn1. The van der Waals surface area contributed by atoms with Gasteiger partial charge in [0.25, 0.3) is 0 Å². The van der Waals surface area contributed by atoms with Crippen LogP contribution in [0.4, 0.5) is 0 Å². The van der Waals surface area contributed by atoms with Crippen LogP contribution in [-0.2, 0) is 0 Å². The molecule has 0 N–H and O–H groups in total. The van der Waals surface area contributed by atoms with Gasteiger partial charge in [-0.15, -0.1) is 0 Å². The summed E-state index contributed by atoms with van der Waals surface area (Å²) in [5.74, 6) is 1.33. The van der Waals surface area contributed by atoms with Crippen molar-refractivity contribution in [3.05, 3.63) is 45.5 Å². The first-order chi connectivity index (χ1) is 7.24. The highest BCUT2D eigenvalue weighted by molar-refractivity contribution is 14.1. The Bertz CT molecular complexity index is 461. The molecular formula is C10H6ClIN2O. The molecule has 3 nitrogen and oxygen atoms in total. The molecule has 0 aromatic carbocycles. The highest BCUT2D eigenvalue weighted by Gasteiger charge is 1.98. The summed E-state index contributed by atoms with van der Waals surface area (Å²) in [6, 6.07) is 7.12. The molecule has 0 unspecified atom stereocenters. The van der Waals surface area contributed by atoms with Crippen LogP contribution in [0.15, 0.2) is 36.7 Å². The third-order valence-corrected chi connectivity index (χ3v) is 2.48. The van der Waals surface area contributed by atoms with Crippen LogP contribution in [0, 0.1) is 3.70 Å². The number of pyridine rings is 2. The van der Waals surface area contributed by atoms with Crippen molar-refractivity contribution in [1.29, 1.82) is 0 Å². The second kappa shape index (κ2) is 4.76. The van der Waals surface area contributed by atoms with E-state index < -0.39 is 0 Å². The summed E-state index contributed by atoms with van der Waals surface area (Å²) >= 11 is 7.86. The van der Waals surface area contributed by atoms with Crippen LogP contribution in [0.3, 0.4) is 0 Å². The summed E-state index contributed by atoms with van der Waals surface area (Å²) in [6.45, 7) is 0. The summed E-state index contributed by atoms with van der Waals surface area (Å²) in [5, 5.41) is 0.408. The topological polar surface area (TPSA) is 35.0 Å². The zero-order chi connectivity index (χ0) is 10.7. The van der Waals surface area contributed by atoms with E-state index in [4.69, 9.17) is 16.3 Å². The molecule has 0 amide bonds. The Morgan fingerprint density at radius 3 is 2.67 bits per heavy atom. The average Bonchev–Trinajstić information content (AvgIpc) is 2.22. The van der Waals surface area contributed by atoms with Gasteiger partial charge >= 0.3 is 0 Å². The lowest BCUT2D eigenvalue weighted by atomic mass is 10.4. The molecule has 76 valence electrons. The minimum absolute atomic E-state index is 0.408. The second-order valence-electron chi connectivity index (χ2n) is 2.73. The number of hydrogen-bond acceptors (Lipinski definition) is 3. The number of rotatable bonds is 2. The fraction of sp³-hybridized carbons (Fsp3) is 0. The van der Waals surface area contributed by atoms with E-state index in [1.54, 1.807) is 24.5 Å². The number of halogens is 2. The molecule has 0 atom stereocenters. The van der Waals surface area contributed by atoms with Gasteiger partial charge in [-0.1, -0.05) is 11.6 Å². The van der Waals surface area contributed by atoms with Crippen LogP contribution >= 0.6 is 34.2 Å². The fourth-order valence-corrected chi connectivity index (χ4v) is 1.49. The van der Waals surface area contributed by atoms with Crippen molar-refractivity contribution in [3.63, 3.8) is 0 Å². The Balaban J connectivity index is 2.18. The van der Waals surface area contributed by atoms with E-state index in [9.17, 15) is 0 Å².